The Morgan fingerprint density at radius 1 is 1.00 bits per heavy atom. The van der Waals surface area contributed by atoms with Crippen LogP contribution in [0.25, 0.3) is 0 Å². The lowest BCUT2D eigenvalue weighted by atomic mass is 10.2. The molecular formula is C14H24O6. The minimum Gasteiger partial charge on any atom is -0.501 e. The number of esters is 1. The van der Waals surface area contributed by atoms with Crippen LogP contribution in [0.15, 0.2) is 24.2 Å². The van der Waals surface area contributed by atoms with E-state index in [1.165, 1.54) is 18.6 Å². The summed E-state index contributed by atoms with van der Waals surface area (Å²) >= 11 is 0. The summed E-state index contributed by atoms with van der Waals surface area (Å²) < 4.78 is 14.2. The summed E-state index contributed by atoms with van der Waals surface area (Å²) in [6, 6.07) is 0. The first-order valence-electron chi connectivity index (χ1n) is 6.52. The molecule has 0 aromatic rings. The quantitative estimate of drug-likeness (QED) is 0.420. The number of carbonyl (C=O) groups is 2. The normalized spacial score (nSPS) is 10.5. The molecular weight excluding hydrogens is 264 g/mol. The Balaban J connectivity index is 0. The van der Waals surface area contributed by atoms with E-state index in [0.717, 1.165) is 0 Å². The molecule has 0 aromatic heterocycles. The van der Waals surface area contributed by atoms with Crippen molar-refractivity contribution in [1.29, 1.82) is 0 Å². The largest absolute Gasteiger partial charge is 0.501 e. The summed E-state index contributed by atoms with van der Waals surface area (Å²) in [5.41, 5.74) is 0.307. The van der Waals surface area contributed by atoms with Crippen LogP contribution in [0.4, 0.5) is 0 Å². The van der Waals surface area contributed by atoms with Crippen molar-refractivity contribution < 1.29 is 28.9 Å². The van der Waals surface area contributed by atoms with Gasteiger partial charge in [0.05, 0.1) is 44.0 Å². The van der Waals surface area contributed by atoms with Crippen molar-refractivity contribution in [3.63, 3.8) is 0 Å². The van der Waals surface area contributed by atoms with Crippen molar-refractivity contribution in [3.05, 3.63) is 24.2 Å². The monoisotopic (exact) mass is 288 g/mol. The van der Waals surface area contributed by atoms with Crippen LogP contribution in [-0.4, -0.2) is 36.9 Å². The molecule has 0 bridgehead atoms. The molecule has 0 fully saturated rings. The van der Waals surface area contributed by atoms with Gasteiger partial charge in [-0.2, -0.15) is 0 Å². The van der Waals surface area contributed by atoms with Crippen LogP contribution in [0.5, 0.6) is 0 Å². The number of carboxylic acids is 1. The topological polar surface area (TPSA) is 82.1 Å². The predicted octanol–water partition coefficient (Wildman–Crippen LogP) is 2.50. The molecule has 0 saturated heterocycles. The molecule has 1 N–H and O–H groups in total. The van der Waals surface area contributed by atoms with Gasteiger partial charge in [0.25, 0.3) is 0 Å². The molecule has 0 aliphatic heterocycles. The molecule has 0 heterocycles. The van der Waals surface area contributed by atoms with E-state index in [1.807, 2.05) is 13.8 Å². The lowest BCUT2D eigenvalue weighted by molar-refractivity contribution is -0.137. The van der Waals surface area contributed by atoms with Gasteiger partial charge in [-0.15, -0.1) is 0 Å². The van der Waals surface area contributed by atoms with E-state index in [9.17, 15) is 9.59 Å². The van der Waals surface area contributed by atoms with E-state index in [2.05, 4.69) is 4.74 Å². The molecule has 116 valence electrons. The van der Waals surface area contributed by atoms with Crippen molar-refractivity contribution in [1.82, 2.24) is 0 Å². The van der Waals surface area contributed by atoms with E-state index in [4.69, 9.17) is 14.6 Å². The van der Waals surface area contributed by atoms with Gasteiger partial charge in [0, 0.05) is 0 Å². The third kappa shape index (κ3) is 14.1. The van der Waals surface area contributed by atoms with Crippen LogP contribution in [-0.2, 0) is 23.8 Å². The maximum absolute atomic E-state index is 10.5. The maximum Gasteiger partial charge on any atom is 0.334 e. The first kappa shape index (κ1) is 20.3. The van der Waals surface area contributed by atoms with Crippen LogP contribution >= 0.6 is 0 Å². The Hall–Kier alpha value is -1.98. The zero-order chi connectivity index (χ0) is 15.8. The van der Waals surface area contributed by atoms with Crippen molar-refractivity contribution in [2.24, 2.45) is 0 Å². The fourth-order valence-electron chi connectivity index (χ4n) is 0.859. The molecule has 6 nitrogen and oxygen atoms in total. The second-order valence-electron chi connectivity index (χ2n) is 3.27. The third-order valence-corrected chi connectivity index (χ3v) is 1.80. The average molecular weight is 288 g/mol. The Labute approximate surface area is 120 Å². The van der Waals surface area contributed by atoms with Gasteiger partial charge in [-0.05, 0) is 27.2 Å². The van der Waals surface area contributed by atoms with E-state index in [-0.39, 0.29) is 5.97 Å². The average Bonchev–Trinajstić information content (AvgIpc) is 2.40. The van der Waals surface area contributed by atoms with Gasteiger partial charge >= 0.3 is 11.9 Å². The first-order valence-corrected chi connectivity index (χ1v) is 6.52. The van der Waals surface area contributed by atoms with Crippen LogP contribution in [0.1, 0.15) is 34.1 Å². The zero-order valence-corrected chi connectivity index (χ0v) is 12.5. The molecule has 0 spiro atoms. The molecule has 0 aliphatic carbocycles. The second-order valence-corrected chi connectivity index (χ2v) is 3.27. The highest BCUT2D eigenvalue weighted by atomic mass is 16.5. The molecule has 0 amide bonds. The Bertz CT molecular complexity index is 318. The Morgan fingerprint density at radius 2 is 1.60 bits per heavy atom. The number of aliphatic carboxylic acids is 1. The maximum atomic E-state index is 10.5. The number of rotatable bonds is 8. The molecule has 0 unspecified atom stereocenters. The van der Waals surface area contributed by atoms with Crippen LogP contribution in [0, 0.1) is 0 Å². The summed E-state index contributed by atoms with van der Waals surface area (Å²) in [5.74, 6) is -1.27. The number of hydrogen-bond acceptors (Lipinski definition) is 5. The predicted molar refractivity (Wildman–Crippen MR) is 75.0 cm³/mol. The highest BCUT2D eigenvalue weighted by Crippen LogP contribution is 1.99. The number of carboxylic acid groups (broad SMARTS) is 1. The molecule has 0 saturated carbocycles. The van der Waals surface area contributed by atoms with Gasteiger partial charge in [-0.3, -0.25) is 0 Å². The van der Waals surface area contributed by atoms with Crippen LogP contribution < -0.4 is 0 Å². The summed E-state index contributed by atoms with van der Waals surface area (Å²) in [7, 11) is 0. The molecule has 0 atom stereocenters. The van der Waals surface area contributed by atoms with Gasteiger partial charge in [0.1, 0.15) is 0 Å². The molecule has 0 aromatic carbocycles. The number of carbonyl (C=O) groups excluding carboxylic acids is 1. The summed E-state index contributed by atoms with van der Waals surface area (Å²) in [5, 5.41) is 8.45. The van der Waals surface area contributed by atoms with Gasteiger partial charge in [-0.1, -0.05) is 6.92 Å². The summed E-state index contributed by atoms with van der Waals surface area (Å²) in [6.07, 6.45) is 4.38. The third-order valence-electron chi connectivity index (χ3n) is 1.80. The number of hydrogen-bond donors (Lipinski definition) is 1. The fraction of sp³-hybridized carbons (Fsp3) is 0.571. The summed E-state index contributed by atoms with van der Waals surface area (Å²) in [4.78, 5) is 20.8. The standard InChI is InChI=1S/2C7H12O3/c1-3-9-6-5-7(8)10-4-2;1-3-6(7(8)9)5-10-4-2/h5-6H,3-4H2,1-2H3;5H,3-4H2,1-2H3,(H,8,9). The van der Waals surface area contributed by atoms with E-state index >= 15 is 0 Å². The Kier molecular flexibility index (Phi) is 15.3. The van der Waals surface area contributed by atoms with Crippen molar-refractivity contribution >= 4 is 11.9 Å². The second kappa shape index (κ2) is 15.1. The number of ether oxygens (including phenoxy) is 3. The van der Waals surface area contributed by atoms with Crippen LogP contribution in [0.3, 0.4) is 0 Å². The fourth-order valence-corrected chi connectivity index (χ4v) is 0.859. The van der Waals surface area contributed by atoms with Gasteiger partial charge in [-0.25, -0.2) is 9.59 Å². The molecule has 0 radical (unpaired) electrons. The van der Waals surface area contributed by atoms with E-state index in [0.29, 0.717) is 31.8 Å². The van der Waals surface area contributed by atoms with Crippen molar-refractivity contribution in [2.45, 2.75) is 34.1 Å². The van der Waals surface area contributed by atoms with Gasteiger partial charge < -0.3 is 19.3 Å². The highest BCUT2D eigenvalue weighted by molar-refractivity contribution is 5.86. The Morgan fingerprint density at radius 3 is 2.00 bits per heavy atom. The minimum atomic E-state index is -0.907. The zero-order valence-electron chi connectivity index (χ0n) is 12.5. The molecule has 6 heteroatoms. The lowest BCUT2D eigenvalue weighted by Crippen LogP contribution is -1.99. The summed E-state index contributed by atoms with van der Waals surface area (Å²) in [6.45, 7) is 8.66. The van der Waals surface area contributed by atoms with Gasteiger partial charge in [0.2, 0.25) is 0 Å². The van der Waals surface area contributed by atoms with Crippen molar-refractivity contribution in [3.8, 4) is 0 Å². The van der Waals surface area contributed by atoms with Gasteiger partial charge in [0.15, 0.2) is 0 Å². The first-order chi connectivity index (χ1) is 9.53. The highest BCUT2D eigenvalue weighted by Gasteiger charge is 2.02. The smallest absolute Gasteiger partial charge is 0.334 e. The molecule has 0 rings (SSSR count). The molecule has 20 heavy (non-hydrogen) atoms. The SMILES string of the molecule is CCOC=C(CC)C(=O)O.CCOC=CC(=O)OCC. The molecule has 0 aliphatic rings. The van der Waals surface area contributed by atoms with Crippen molar-refractivity contribution in [2.75, 3.05) is 19.8 Å². The minimum absolute atomic E-state index is 0.307. The van der Waals surface area contributed by atoms with Crippen LogP contribution in [0.2, 0.25) is 0 Å². The lowest BCUT2D eigenvalue weighted by Gasteiger charge is -1.97. The van der Waals surface area contributed by atoms with E-state index in [1.54, 1.807) is 13.8 Å². The van der Waals surface area contributed by atoms with E-state index < -0.39 is 5.97 Å².